The summed E-state index contributed by atoms with van der Waals surface area (Å²) < 4.78 is 28.3. The number of rotatable bonds is 9. The van der Waals surface area contributed by atoms with Crippen LogP contribution in [0.15, 0.2) is 35.3 Å². The molecule has 2 heterocycles. The number of fused-ring (bicyclic) bond motifs is 1. The molecule has 3 aromatic rings. The van der Waals surface area contributed by atoms with Gasteiger partial charge in [0.2, 0.25) is 5.43 Å². The van der Waals surface area contributed by atoms with Gasteiger partial charge >= 0.3 is 5.97 Å². The molecule has 212 valence electrons. The van der Waals surface area contributed by atoms with Crippen molar-refractivity contribution in [3.8, 4) is 0 Å². The first-order valence-electron chi connectivity index (χ1n) is 13.1. The maximum absolute atomic E-state index is 14.7. The summed E-state index contributed by atoms with van der Waals surface area (Å²) in [6, 6.07) is 6.06. The Bertz CT molecular complexity index is 1430. The second-order valence-corrected chi connectivity index (χ2v) is 15.3. The van der Waals surface area contributed by atoms with E-state index in [4.69, 9.17) is 32.4 Å². The molecule has 0 aliphatic carbocycles. The third kappa shape index (κ3) is 7.09. The normalized spacial score (nSPS) is 13.5. The summed E-state index contributed by atoms with van der Waals surface area (Å²) in [5.41, 5.74) is -0.246. The third-order valence-electron chi connectivity index (χ3n) is 6.44. The molecule has 10 heteroatoms. The van der Waals surface area contributed by atoms with E-state index in [2.05, 4.69) is 39.6 Å². The fourth-order valence-corrected chi connectivity index (χ4v) is 6.18. The predicted octanol–water partition coefficient (Wildman–Crippen LogP) is 6.90. The van der Waals surface area contributed by atoms with Crippen molar-refractivity contribution in [3.63, 3.8) is 0 Å². The Morgan fingerprint density at radius 1 is 1.15 bits per heavy atom. The van der Waals surface area contributed by atoms with Gasteiger partial charge < -0.3 is 13.7 Å². The monoisotopic (exact) mass is 594 g/mol. The molecule has 0 bridgehead atoms. The second-order valence-electron chi connectivity index (χ2n) is 11.8. The number of nitrogens with zero attached hydrogens (tertiary/aromatic N) is 2. The molecule has 1 aromatic carbocycles. The lowest BCUT2D eigenvalue weighted by atomic mass is 9.88. The molecule has 0 aliphatic heterocycles. The summed E-state index contributed by atoms with van der Waals surface area (Å²) in [5.74, 6) is -1.26. The Morgan fingerprint density at radius 3 is 2.41 bits per heavy atom. The van der Waals surface area contributed by atoms with E-state index < -0.39 is 32.6 Å². The summed E-state index contributed by atoms with van der Waals surface area (Å²) in [6.45, 7) is 16.4. The molecule has 0 fully saturated rings. The molecule has 39 heavy (non-hydrogen) atoms. The Balaban J connectivity index is 2.30. The van der Waals surface area contributed by atoms with Crippen LogP contribution >= 0.6 is 23.2 Å². The summed E-state index contributed by atoms with van der Waals surface area (Å²) in [5, 5.41) is 0.317. The molecule has 0 aliphatic rings. The van der Waals surface area contributed by atoms with E-state index in [1.807, 2.05) is 18.4 Å². The van der Waals surface area contributed by atoms with Crippen LogP contribution in [0.3, 0.4) is 0 Å². The molecule has 0 N–H and O–H groups in total. The van der Waals surface area contributed by atoms with Crippen molar-refractivity contribution >= 4 is 50.0 Å². The minimum absolute atomic E-state index is 0.0165. The van der Waals surface area contributed by atoms with Gasteiger partial charge in [-0.15, -0.1) is 0 Å². The molecule has 0 spiro atoms. The van der Waals surface area contributed by atoms with Crippen LogP contribution in [-0.4, -0.2) is 37.5 Å². The average Bonchev–Trinajstić information content (AvgIpc) is 2.82. The smallest absolute Gasteiger partial charge is 0.343 e. The van der Waals surface area contributed by atoms with Crippen LogP contribution in [0.4, 0.5) is 4.39 Å². The molecule has 0 amide bonds. The summed E-state index contributed by atoms with van der Waals surface area (Å²) in [7, 11) is -0.937. The van der Waals surface area contributed by atoms with Crippen molar-refractivity contribution in [2.24, 2.45) is 5.92 Å². The summed E-state index contributed by atoms with van der Waals surface area (Å²) in [6.07, 6.45) is 1.55. The van der Waals surface area contributed by atoms with Gasteiger partial charge in [-0.25, -0.2) is 14.2 Å². The van der Waals surface area contributed by atoms with Crippen molar-refractivity contribution in [2.75, 3.05) is 6.61 Å². The maximum Gasteiger partial charge on any atom is 0.343 e. The number of hydrogen-bond donors (Lipinski definition) is 0. The van der Waals surface area contributed by atoms with Crippen molar-refractivity contribution in [3.05, 3.63) is 73.4 Å². The zero-order valence-electron chi connectivity index (χ0n) is 23.8. The fourth-order valence-electron chi connectivity index (χ4n) is 4.80. The first-order valence-corrected chi connectivity index (χ1v) is 15.1. The first-order chi connectivity index (χ1) is 18.1. The lowest BCUT2D eigenvalue weighted by molar-refractivity contribution is 0.0287. The molecule has 1 atom stereocenters. The molecule has 0 saturated heterocycles. The van der Waals surface area contributed by atoms with Crippen LogP contribution < -0.4 is 5.43 Å². The Labute approximate surface area is 241 Å². The van der Waals surface area contributed by atoms with E-state index >= 15 is 0 Å². The highest BCUT2D eigenvalue weighted by Gasteiger charge is 2.37. The van der Waals surface area contributed by atoms with Crippen molar-refractivity contribution in [1.29, 1.82) is 0 Å². The lowest BCUT2D eigenvalue weighted by Crippen LogP contribution is -2.42. The van der Waals surface area contributed by atoms with Gasteiger partial charge in [0.15, 0.2) is 9.76 Å². The van der Waals surface area contributed by atoms with Gasteiger partial charge in [-0.05, 0) is 49.4 Å². The van der Waals surface area contributed by atoms with Crippen LogP contribution in [0, 0.1) is 11.7 Å². The number of hydrogen-bond acceptors (Lipinski definition) is 5. The van der Waals surface area contributed by atoms with Crippen molar-refractivity contribution < 1.29 is 18.3 Å². The molecule has 2 aromatic heterocycles. The molecular formula is C29H37Cl2FN2O4Si. The first kappa shape index (κ1) is 31.3. The Kier molecular flexibility index (Phi) is 9.69. The van der Waals surface area contributed by atoms with Gasteiger partial charge in [-0.2, -0.15) is 0 Å². The maximum atomic E-state index is 14.7. The van der Waals surface area contributed by atoms with Crippen LogP contribution in [0.25, 0.3) is 11.0 Å². The van der Waals surface area contributed by atoms with E-state index in [0.29, 0.717) is 16.8 Å². The fraction of sp³-hybridized carbons (Fsp3) is 0.483. The standard InChI is InChI=1S/C29H37Cl2FN2O4Si/c1-9-37-27(36)18-15-34(26(16(2)3)29(7,8)38-39-28(4,5)6)22-14-20(31)21(33-24(22)25(18)35)13-17-11-10-12-19(30)23(17)32/h10-12,14-16,26H,9,13,39H2,1-8H3/t26-/m0/s1. The number of ether oxygens (including phenoxy) is 1. The zero-order valence-corrected chi connectivity index (χ0v) is 26.8. The number of carbonyl (C=O) groups excluding carboxylic acids is 1. The molecular weight excluding hydrogens is 558 g/mol. The zero-order chi connectivity index (χ0) is 29.3. The lowest BCUT2D eigenvalue weighted by Gasteiger charge is -2.41. The van der Waals surface area contributed by atoms with Gasteiger partial charge in [0.25, 0.3) is 0 Å². The van der Waals surface area contributed by atoms with E-state index in [0.717, 1.165) is 0 Å². The summed E-state index contributed by atoms with van der Waals surface area (Å²) >= 11 is 12.7. The third-order valence-corrected chi connectivity index (χ3v) is 8.81. The Hall–Kier alpha value is -2.26. The van der Waals surface area contributed by atoms with Crippen LogP contribution in [0.5, 0.6) is 0 Å². The van der Waals surface area contributed by atoms with E-state index in [1.165, 1.54) is 12.3 Å². The Morgan fingerprint density at radius 2 is 1.82 bits per heavy atom. The molecule has 6 nitrogen and oxygen atoms in total. The SMILES string of the molecule is CCOC(=O)c1cn([C@@H](C(C)C)C(C)(C)O[SiH2]C(C)(C)C)c2cc(Cl)c(Cc3cccc(Cl)c3F)nc2c1=O. The van der Waals surface area contributed by atoms with Crippen LogP contribution in [0.2, 0.25) is 15.1 Å². The topological polar surface area (TPSA) is 70.4 Å². The van der Waals surface area contributed by atoms with Gasteiger partial charge in [0.05, 0.1) is 39.5 Å². The van der Waals surface area contributed by atoms with Gasteiger partial charge in [0.1, 0.15) is 16.9 Å². The number of pyridine rings is 2. The largest absolute Gasteiger partial charge is 0.462 e. The number of esters is 1. The molecule has 3 rings (SSSR count). The highest BCUT2D eigenvalue weighted by atomic mass is 35.5. The molecule has 0 radical (unpaired) electrons. The number of halogens is 3. The number of carbonyl (C=O) groups is 1. The van der Waals surface area contributed by atoms with Crippen LogP contribution in [-0.2, 0) is 15.6 Å². The van der Waals surface area contributed by atoms with Gasteiger partial charge in [0, 0.05) is 12.6 Å². The average molecular weight is 596 g/mol. The summed E-state index contributed by atoms with van der Waals surface area (Å²) in [4.78, 5) is 31.1. The van der Waals surface area contributed by atoms with Crippen molar-refractivity contribution in [1.82, 2.24) is 9.55 Å². The van der Waals surface area contributed by atoms with Gasteiger partial charge in [-0.1, -0.05) is 70.0 Å². The predicted molar refractivity (Wildman–Crippen MR) is 158 cm³/mol. The van der Waals surface area contributed by atoms with Crippen LogP contribution in [0.1, 0.15) is 83.0 Å². The quantitative estimate of drug-likeness (QED) is 0.199. The number of aromatic nitrogens is 2. The minimum Gasteiger partial charge on any atom is -0.462 e. The van der Waals surface area contributed by atoms with Gasteiger partial charge in [-0.3, -0.25) is 4.79 Å². The highest BCUT2D eigenvalue weighted by Crippen LogP contribution is 2.37. The highest BCUT2D eigenvalue weighted by molar-refractivity contribution is 6.32. The molecule has 0 saturated carbocycles. The van der Waals surface area contributed by atoms with E-state index in [1.54, 1.807) is 25.1 Å². The number of benzene rings is 1. The van der Waals surface area contributed by atoms with Crippen molar-refractivity contribution in [2.45, 2.75) is 78.5 Å². The second kappa shape index (κ2) is 12.1. The van der Waals surface area contributed by atoms with E-state index in [9.17, 15) is 14.0 Å². The minimum atomic E-state index is -0.937. The van der Waals surface area contributed by atoms with E-state index in [-0.39, 0.29) is 51.2 Å². The molecule has 0 unspecified atom stereocenters.